The van der Waals surface area contributed by atoms with Crippen LogP contribution in [-0.4, -0.2) is 23.8 Å². The first-order valence-corrected chi connectivity index (χ1v) is 7.12. The van der Waals surface area contributed by atoms with Gasteiger partial charge in [0.15, 0.2) is 0 Å². The molecule has 0 spiro atoms. The Hall–Kier alpha value is -0.0800. The summed E-state index contributed by atoms with van der Waals surface area (Å²) >= 11 is 0. The van der Waals surface area contributed by atoms with Crippen LogP contribution in [0.3, 0.4) is 0 Å². The van der Waals surface area contributed by atoms with E-state index in [2.05, 4.69) is 19.2 Å². The number of nitrogens with one attached hydrogen (secondary N) is 1. The topological polar surface area (TPSA) is 32.3 Å². The molecule has 2 heteroatoms. The van der Waals surface area contributed by atoms with Gasteiger partial charge in [-0.3, -0.25) is 0 Å². The fourth-order valence-corrected chi connectivity index (χ4v) is 3.01. The predicted octanol–water partition coefficient (Wildman–Crippen LogP) is 3.10. The van der Waals surface area contributed by atoms with Crippen LogP contribution in [0.5, 0.6) is 0 Å². The average Bonchev–Trinajstić information content (AvgIpc) is 2.50. The second kappa shape index (κ2) is 7.29. The third-order valence-corrected chi connectivity index (χ3v) is 4.22. The van der Waals surface area contributed by atoms with E-state index >= 15 is 0 Å². The summed E-state index contributed by atoms with van der Waals surface area (Å²) in [5.74, 6) is 0.920. The van der Waals surface area contributed by atoms with E-state index < -0.39 is 0 Å². The van der Waals surface area contributed by atoms with Crippen LogP contribution in [0.4, 0.5) is 0 Å². The van der Waals surface area contributed by atoms with Crippen molar-refractivity contribution in [1.29, 1.82) is 0 Å². The second-order valence-electron chi connectivity index (χ2n) is 5.39. The smallest absolute Gasteiger partial charge is 0.0448 e. The molecule has 2 unspecified atom stereocenters. The Morgan fingerprint density at radius 2 is 2.06 bits per heavy atom. The Bertz CT molecular complexity index is 184. The summed E-state index contributed by atoms with van der Waals surface area (Å²) in [6.45, 7) is 5.94. The molecule has 1 aliphatic carbocycles. The molecule has 2 nitrogen and oxygen atoms in total. The Labute approximate surface area is 101 Å². The van der Waals surface area contributed by atoms with Gasteiger partial charge >= 0.3 is 0 Å². The average molecular weight is 227 g/mol. The Balaban J connectivity index is 2.54. The van der Waals surface area contributed by atoms with Crippen molar-refractivity contribution in [2.75, 3.05) is 13.2 Å². The number of aliphatic hydroxyl groups is 1. The van der Waals surface area contributed by atoms with Gasteiger partial charge in [0.25, 0.3) is 0 Å². The molecule has 0 amide bonds. The van der Waals surface area contributed by atoms with Crippen LogP contribution in [0.2, 0.25) is 0 Å². The molecule has 0 aliphatic heterocycles. The largest absolute Gasteiger partial charge is 0.396 e. The fourth-order valence-electron chi connectivity index (χ4n) is 3.01. The third-order valence-electron chi connectivity index (χ3n) is 4.22. The number of hydrogen-bond acceptors (Lipinski definition) is 2. The van der Waals surface area contributed by atoms with Crippen LogP contribution in [0, 0.1) is 5.92 Å². The van der Waals surface area contributed by atoms with Crippen molar-refractivity contribution in [1.82, 2.24) is 5.32 Å². The molecule has 0 radical (unpaired) electrons. The fraction of sp³-hybridized carbons (Fsp3) is 1.00. The molecule has 1 rings (SSSR count). The number of hydrogen-bond donors (Lipinski definition) is 2. The van der Waals surface area contributed by atoms with Gasteiger partial charge in [0.1, 0.15) is 0 Å². The van der Waals surface area contributed by atoms with Crippen molar-refractivity contribution in [3.8, 4) is 0 Å². The predicted molar refractivity (Wildman–Crippen MR) is 69.6 cm³/mol. The molecular weight excluding hydrogens is 198 g/mol. The second-order valence-corrected chi connectivity index (χ2v) is 5.39. The van der Waals surface area contributed by atoms with Gasteiger partial charge in [-0.05, 0) is 44.6 Å². The first kappa shape index (κ1) is 14.0. The van der Waals surface area contributed by atoms with Gasteiger partial charge in [0.2, 0.25) is 0 Å². The lowest BCUT2D eigenvalue weighted by Gasteiger charge is -2.34. The first-order chi connectivity index (χ1) is 7.76. The van der Waals surface area contributed by atoms with Gasteiger partial charge in [0.05, 0.1) is 0 Å². The maximum atomic E-state index is 9.26. The minimum atomic E-state index is 0.245. The van der Waals surface area contributed by atoms with E-state index in [1.54, 1.807) is 0 Å². The van der Waals surface area contributed by atoms with Gasteiger partial charge in [-0.1, -0.05) is 33.1 Å². The monoisotopic (exact) mass is 227 g/mol. The maximum absolute atomic E-state index is 9.26. The highest BCUT2D eigenvalue weighted by atomic mass is 16.3. The highest BCUT2D eigenvalue weighted by Crippen LogP contribution is 2.33. The quantitative estimate of drug-likeness (QED) is 0.683. The lowest BCUT2D eigenvalue weighted by atomic mass is 9.86. The molecular formula is C14H29NO. The van der Waals surface area contributed by atoms with Gasteiger partial charge in [-0.25, -0.2) is 0 Å². The number of aliphatic hydroxyl groups excluding tert-OH is 1. The Morgan fingerprint density at radius 1 is 1.25 bits per heavy atom. The molecule has 96 valence electrons. The molecule has 0 bridgehead atoms. The summed E-state index contributed by atoms with van der Waals surface area (Å²) in [4.78, 5) is 0. The lowest BCUT2D eigenvalue weighted by Crippen LogP contribution is -2.46. The van der Waals surface area contributed by atoms with E-state index in [1.807, 2.05) is 0 Å². The summed E-state index contributed by atoms with van der Waals surface area (Å²) in [7, 11) is 0. The van der Waals surface area contributed by atoms with E-state index in [9.17, 15) is 5.11 Å². The summed E-state index contributed by atoms with van der Waals surface area (Å²) in [5.41, 5.74) is 0.245. The summed E-state index contributed by atoms with van der Waals surface area (Å²) in [6.07, 6.45) is 10.0. The minimum Gasteiger partial charge on any atom is -0.396 e. The van der Waals surface area contributed by atoms with Gasteiger partial charge in [-0.15, -0.1) is 0 Å². The van der Waals surface area contributed by atoms with Gasteiger partial charge < -0.3 is 10.4 Å². The lowest BCUT2D eigenvalue weighted by molar-refractivity contribution is 0.189. The first-order valence-electron chi connectivity index (χ1n) is 7.12. The zero-order valence-corrected chi connectivity index (χ0v) is 11.1. The zero-order valence-electron chi connectivity index (χ0n) is 11.1. The molecule has 0 aromatic heterocycles. The maximum Gasteiger partial charge on any atom is 0.0448 e. The summed E-state index contributed by atoms with van der Waals surface area (Å²) < 4.78 is 0. The minimum absolute atomic E-state index is 0.245. The van der Waals surface area contributed by atoms with Crippen LogP contribution >= 0.6 is 0 Å². The van der Waals surface area contributed by atoms with Crippen LogP contribution in [0.15, 0.2) is 0 Å². The van der Waals surface area contributed by atoms with E-state index in [0.29, 0.717) is 6.61 Å². The molecule has 1 aliphatic rings. The molecule has 1 saturated carbocycles. The van der Waals surface area contributed by atoms with E-state index in [1.165, 1.54) is 44.9 Å². The van der Waals surface area contributed by atoms with Gasteiger partial charge in [-0.2, -0.15) is 0 Å². The highest BCUT2D eigenvalue weighted by molar-refractivity contribution is 4.90. The Morgan fingerprint density at radius 3 is 2.69 bits per heavy atom. The molecule has 0 heterocycles. The SMILES string of the molecule is CCCNC1(CCO)CCCC(CC)CC1. The standard InChI is InChI=1S/C14H29NO/c1-3-11-15-14(10-12-16)8-5-6-13(4-2)7-9-14/h13,15-16H,3-12H2,1-2H3. The molecule has 2 atom stereocenters. The van der Waals surface area contributed by atoms with Crippen LogP contribution in [0.25, 0.3) is 0 Å². The third kappa shape index (κ3) is 4.06. The summed E-state index contributed by atoms with van der Waals surface area (Å²) in [6, 6.07) is 0. The molecule has 0 aromatic carbocycles. The zero-order chi connectivity index (χ0) is 11.9. The van der Waals surface area contributed by atoms with E-state index in [0.717, 1.165) is 18.9 Å². The number of rotatable bonds is 6. The van der Waals surface area contributed by atoms with Crippen molar-refractivity contribution >= 4 is 0 Å². The van der Waals surface area contributed by atoms with Crippen molar-refractivity contribution in [3.63, 3.8) is 0 Å². The van der Waals surface area contributed by atoms with E-state index in [4.69, 9.17) is 0 Å². The normalized spacial score (nSPS) is 31.3. The van der Waals surface area contributed by atoms with Crippen LogP contribution < -0.4 is 5.32 Å². The van der Waals surface area contributed by atoms with E-state index in [-0.39, 0.29) is 5.54 Å². The van der Waals surface area contributed by atoms with Crippen molar-refractivity contribution in [3.05, 3.63) is 0 Å². The Kier molecular flexibility index (Phi) is 6.37. The highest BCUT2D eigenvalue weighted by Gasteiger charge is 2.31. The van der Waals surface area contributed by atoms with Gasteiger partial charge in [0, 0.05) is 12.1 Å². The van der Waals surface area contributed by atoms with Crippen molar-refractivity contribution < 1.29 is 5.11 Å². The molecule has 1 fully saturated rings. The molecule has 2 N–H and O–H groups in total. The van der Waals surface area contributed by atoms with Crippen molar-refractivity contribution in [2.45, 2.75) is 70.8 Å². The molecule has 0 aromatic rings. The molecule has 16 heavy (non-hydrogen) atoms. The van der Waals surface area contributed by atoms with Crippen LogP contribution in [0.1, 0.15) is 65.2 Å². The van der Waals surface area contributed by atoms with Crippen molar-refractivity contribution in [2.24, 2.45) is 5.92 Å². The summed E-state index contributed by atoms with van der Waals surface area (Å²) in [5, 5.41) is 13.0. The van der Waals surface area contributed by atoms with Crippen LogP contribution in [-0.2, 0) is 0 Å². The molecule has 0 saturated heterocycles.